The number of hydrogen-bond acceptors (Lipinski definition) is 3. The molecule has 1 heterocycles. The molecule has 1 aliphatic carbocycles. The Bertz CT molecular complexity index is 631. The van der Waals surface area contributed by atoms with E-state index < -0.39 is 5.97 Å². The molecule has 3 rings (SSSR count). The average molecular weight is 279 g/mol. The molecule has 2 aliphatic rings. The van der Waals surface area contributed by atoms with Crippen LogP contribution in [0.3, 0.4) is 0 Å². The highest BCUT2D eigenvalue weighted by Gasteiger charge is 2.34. The maximum atomic E-state index is 12.1. The van der Waals surface area contributed by atoms with Crippen molar-refractivity contribution in [1.29, 1.82) is 0 Å². The second-order valence-corrected chi connectivity index (χ2v) is 5.07. The zero-order valence-electron chi connectivity index (χ0n) is 10.0. The summed E-state index contributed by atoms with van der Waals surface area (Å²) in [5.74, 6) is -0.615. The van der Waals surface area contributed by atoms with Gasteiger partial charge in [-0.05, 0) is 30.5 Å². The molecule has 0 atom stereocenters. The van der Waals surface area contributed by atoms with E-state index in [4.69, 9.17) is 21.4 Å². The Balaban J connectivity index is 1.96. The van der Waals surface area contributed by atoms with Crippen molar-refractivity contribution in [2.75, 3.05) is 6.61 Å². The summed E-state index contributed by atoms with van der Waals surface area (Å²) < 4.78 is 5.48. The summed E-state index contributed by atoms with van der Waals surface area (Å²) in [5, 5.41) is 9.23. The van der Waals surface area contributed by atoms with Gasteiger partial charge in [0.1, 0.15) is 5.75 Å². The number of ketones is 1. The minimum absolute atomic E-state index is 0.204. The van der Waals surface area contributed by atoms with Gasteiger partial charge in [-0.15, -0.1) is 0 Å². The number of ether oxygens (including phenoxy) is 1. The van der Waals surface area contributed by atoms with Gasteiger partial charge in [-0.25, -0.2) is 4.79 Å². The number of carboxylic acids is 1. The van der Waals surface area contributed by atoms with Crippen molar-refractivity contribution in [2.45, 2.75) is 19.3 Å². The second-order valence-electron chi connectivity index (χ2n) is 4.67. The van der Waals surface area contributed by atoms with Crippen LogP contribution in [0.4, 0.5) is 0 Å². The summed E-state index contributed by atoms with van der Waals surface area (Å²) in [6.45, 7) is 0.633. The van der Waals surface area contributed by atoms with E-state index >= 15 is 0 Å². The predicted molar refractivity (Wildman–Crippen MR) is 68.9 cm³/mol. The van der Waals surface area contributed by atoms with Gasteiger partial charge in [0.05, 0.1) is 11.6 Å². The van der Waals surface area contributed by atoms with E-state index in [0.717, 1.165) is 18.4 Å². The van der Waals surface area contributed by atoms with Crippen molar-refractivity contribution in [2.24, 2.45) is 0 Å². The molecule has 0 bridgehead atoms. The van der Waals surface area contributed by atoms with E-state index in [1.165, 1.54) is 0 Å². The lowest BCUT2D eigenvalue weighted by atomic mass is 10.0. The number of halogens is 1. The van der Waals surface area contributed by atoms with E-state index in [2.05, 4.69) is 0 Å². The van der Waals surface area contributed by atoms with Crippen LogP contribution in [-0.4, -0.2) is 23.5 Å². The monoisotopic (exact) mass is 278 g/mol. The molecular weight excluding hydrogens is 268 g/mol. The molecule has 1 aromatic carbocycles. The summed E-state index contributed by atoms with van der Waals surface area (Å²) >= 11 is 6.11. The summed E-state index contributed by atoms with van der Waals surface area (Å²) in [6.07, 6.45) is 1.98. The molecule has 1 aromatic rings. The third-order valence-electron chi connectivity index (χ3n) is 3.34. The van der Waals surface area contributed by atoms with Crippen LogP contribution in [0, 0.1) is 0 Å². The summed E-state index contributed by atoms with van der Waals surface area (Å²) in [7, 11) is 0. The Labute approximate surface area is 114 Å². The van der Waals surface area contributed by atoms with Crippen molar-refractivity contribution in [1.82, 2.24) is 0 Å². The Kier molecular flexibility index (Phi) is 2.82. The van der Waals surface area contributed by atoms with Crippen LogP contribution in [0.1, 0.15) is 28.8 Å². The van der Waals surface area contributed by atoms with Crippen LogP contribution in [0.15, 0.2) is 23.3 Å². The number of aryl methyl sites for hydroxylation is 1. The van der Waals surface area contributed by atoms with Crippen molar-refractivity contribution >= 4 is 23.4 Å². The largest absolute Gasteiger partial charge is 0.492 e. The highest BCUT2D eigenvalue weighted by atomic mass is 35.5. The summed E-state index contributed by atoms with van der Waals surface area (Å²) in [6, 6.07) is 3.31. The predicted octanol–water partition coefficient (Wildman–Crippen LogP) is 2.63. The fraction of sp³-hybridized carbons (Fsp3) is 0.286. The standard InChI is InChI=1S/C14H11ClO4/c15-11-5-8(4-7-2-1-3-19-13(7)11)12(16)9-6-10(9)14(17)18/h4-5H,1-3,6H2,(H,17,18). The maximum Gasteiger partial charge on any atom is 0.332 e. The van der Waals surface area contributed by atoms with Gasteiger partial charge in [-0.1, -0.05) is 11.6 Å². The van der Waals surface area contributed by atoms with Gasteiger partial charge < -0.3 is 9.84 Å². The highest BCUT2D eigenvalue weighted by molar-refractivity contribution is 6.33. The molecule has 4 nitrogen and oxygen atoms in total. The fourth-order valence-corrected chi connectivity index (χ4v) is 2.59. The highest BCUT2D eigenvalue weighted by Crippen LogP contribution is 2.38. The molecule has 0 amide bonds. The number of carbonyl (C=O) groups is 2. The molecule has 0 fully saturated rings. The molecule has 19 heavy (non-hydrogen) atoms. The molecule has 0 radical (unpaired) electrons. The van der Waals surface area contributed by atoms with Gasteiger partial charge in [0.15, 0.2) is 5.78 Å². The van der Waals surface area contributed by atoms with E-state index in [0.29, 0.717) is 28.5 Å². The van der Waals surface area contributed by atoms with Gasteiger partial charge in [-0.2, -0.15) is 0 Å². The van der Waals surface area contributed by atoms with E-state index in [1.54, 1.807) is 12.1 Å². The topological polar surface area (TPSA) is 63.6 Å². The molecule has 0 spiro atoms. The third-order valence-corrected chi connectivity index (χ3v) is 3.63. The van der Waals surface area contributed by atoms with Crippen LogP contribution in [-0.2, 0) is 11.2 Å². The molecule has 98 valence electrons. The molecule has 0 saturated heterocycles. The van der Waals surface area contributed by atoms with E-state index in [9.17, 15) is 9.59 Å². The molecule has 0 aromatic heterocycles. The maximum absolute atomic E-state index is 12.1. The van der Waals surface area contributed by atoms with Crippen LogP contribution in [0.2, 0.25) is 5.02 Å². The van der Waals surface area contributed by atoms with Gasteiger partial charge in [-0.3, -0.25) is 4.79 Å². The lowest BCUT2D eigenvalue weighted by Crippen LogP contribution is -2.10. The quantitative estimate of drug-likeness (QED) is 0.863. The molecule has 0 unspecified atom stereocenters. The van der Waals surface area contributed by atoms with Gasteiger partial charge >= 0.3 is 5.97 Å². The second kappa shape index (κ2) is 4.38. The molecule has 1 N–H and O–H groups in total. The van der Waals surface area contributed by atoms with Crippen LogP contribution < -0.4 is 4.74 Å². The number of rotatable bonds is 3. The number of aliphatic carboxylic acids is 1. The van der Waals surface area contributed by atoms with Gasteiger partial charge in [0.25, 0.3) is 0 Å². The molecule has 1 aliphatic heterocycles. The lowest BCUT2D eigenvalue weighted by molar-refractivity contribution is -0.132. The van der Waals surface area contributed by atoms with Crippen molar-refractivity contribution < 1.29 is 19.4 Å². The Morgan fingerprint density at radius 3 is 2.74 bits per heavy atom. The van der Waals surface area contributed by atoms with Crippen LogP contribution in [0.5, 0.6) is 5.75 Å². The number of benzene rings is 1. The minimum Gasteiger partial charge on any atom is -0.492 e. The normalized spacial score (nSPS) is 16.7. The first-order chi connectivity index (χ1) is 9.08. The lowest BCUT2D eigenvalue weighted by Gasteiger charge is -2.19. The Morgan fingerprint density at radius 1 is 1.26 bits per heavy atom. The molecule has 0 saturated carbocycles. The first-order valence-electron chi connectivity index (χ1n) is 6.03. The zero-order chi connectivity index (χ0) is 13.6. The van der Waals surface area contributed by atoms with E-state index in [-0.39, 0.29) is 17.8 Å². The third kappa shape index (κ3) is 2.12. The van der Waals surface area contributed by atoms with Gasteiger partial charge in [0.2, 0.25) is 0 Å². The number of fused-ring (bicyclic) bond motifs is 1. The first-order valence-corrected chi connectivity index (χ1v) is 6.41. The number of carbonyl (C=O) groups excluding carboxylic acids is 1. The van der Waals surface area contributed by atoms with Gasteiger partial charge in [0, 0.05) is 23.1 Å². The summed E-state index contributed by atoms with van der Waals surface area (Å²) in [4.78, 5) is 22.9. The Morgan fingerprint density at radius 2 is 2.05 bits per heavy atom. The number of carboxylic acid groups (broad SMARTS) is 1. The van der Waals surface area contributed by atoms with Crippen LogP contribution in [0.25, 0.3) is 0 Å². The summed E-state index contributed by atoms with van der Waals surface area (Å²) in [5.41, 5.74) is 1.94. The zero-order valence-corrected chi connectivity index (χ0v) is 10.8. The molecule has 5 heteroatoms. The first kappa shape index (κ1) is 12.2. The smallest absolute Gasteiger partial charge is 0.332 e. The number of allylic oxidation sites excluding steroid dienone is 1. The van der Waals surface area contributed by atoms with E-state index in [1.807, 2.05) is 0 Å². The number of Topliss-reactive ketones (excluding diaryl/α,β-unsaturated/α-hetero) is 1. The van der Waals surface area contributed by atoms with Crippen molar-refractivity contribution in [3.63, 3.8) is 0 Å². The SMILES string of the molecule is O=C(O)C1=C(C(=O)c2cc(Cl)c3c(c2)CCCO3)C1. The van der Waals surface area contributed by atoms with Crippen LogP contribution >= 0.6 is 11.6 Å². The minimum atomic E-state index is -1.02. The molecular formula is C14H11ClO4. The fourth-order valence-electron chi connectivity index (χ4n) is 2.29. The van der Waals surface area contributed by atoms with Crippen molar-refractivity contribution in [3.8, 4) is 5.75 Å². The van der Waals surface area contributed by atoms with Crippen molar-refractivity contribution in [3.05, 3.63) is 39.4 Å². The number of hydrogen-bond donors (Lipinski definition) is 1. The Hall–Kier alpha value is -1.81. The average Bonchev–Trinajstić information content (AvgIpc) is 3.18.